The van der Waals surface area contributed by atoms with E-state index >= 15 is 0 Å². The SMILES string of the molecule is COc1cc(-c2cc(OC(=O)C3CCNCC3)ccn2)cc(OC)c1OC. The second kappa shape index (κ2) is 8.73. The average Bonchev–Trinajstić information content (AvgIpc) is 2.73. The van der Waals surface area contributed by atoms with E-state index in [1.165, 1.54) is 0 Å². The standard InChI is InChI=1S/C20H24N2O5/c1-24-17-10-14(11-18(25-2)19(17)26-3)16-12-15(6-9-22-16)27-20(23)13-4-7-21-8-5-13/h6,9-13,21H,4-5,7-8H2,1-3H3. The van der Waals surface area contributed by atoms with E-state index in [2.05, 4.69) is 10.3 Å². The van der Waals surface area contributed by atoms with Gasteiger partial charge in [0.15, 0.2) is 11.5 Å². The summed E-state index contributed by atoms with van der Waals surface area (Å²) in [5.74, 6) is 1.79. The van der Waals surface area contributed by atoms with Crippen LogP contribution in [0.25, 0.3) is 11.3 Å². The van der Waals surface area contributed by atoms with Crippen molar-refractivity contribution in [2.24, 2.45) is 5.92 Å². The molecule has 7 heteroatoms. The first kappa shape index (κ1) is 19.0. The molecule has 1 aromatic heterocycles. The zero-order valence-electron chi connectivity index (χ0n) is 15.8. The number of nitrogens with zero attached hydrogens (tertiary/aromatic N) is 1. The molecule has 27 heavy (non-hydrogen) atoms. The Bertz CT molecular complexity index is 778. The van der Waals surface area contributed by atoms with Crippen LogP contribution in [0.2, 0.25) is 0 Å². The first-order valence-electron chi connectivity index (χ1n) is 8.85. The minimum Gasteiger partial charge on any atom is -0.493 e. The number of esters is 1. The summed E-state index contributed by atoms with van der Waals surface area (Å²) in [7, 11) is 4.68. The van der Waals surface area contributed by atoms with Gasteiger partial charge in [-0.15, -0.1) is 0 Å². The van der Waals surface area contributed by atoms with Gasteiger partial charge in [0.1, 0.15) is 5.75 Å². The maximum absolute atomic E-state index is 12.4. The quantitative estimate of drug-likeness (QED) is 0.781. The smallest absolute Gasteiger partial charge is 0.314 e. The number of piperidine rings is 1. The van der Waals surface area contributed by atoms with Crippen molar-refractivity contribution in [1.82, 2.24) is 10.3 Å². The van der Waals surface area contributed by atoms with Crippen molar-refractivity contribution < 1.29 is 23.7 Å². The number of carbonyl (C=O) groups excluding carboxylic acids is 1. The topological polar surface area (TPSA) is 78.9 Å². The summed E-state index contributed by atoms with van der Waals surface area (Å²) in [4.78, 5) is 16.8. The molecule has 0 saturated carbocycles. The van der Waals surface area contributed by atoms with Crippen molar-refractivity contribution >= 4 is 5.97 Å². The molecule has 0 spiro atoms. The van der Waals surface area contributed by atoms with E-state index < -0.39 is 0 Å². The molecule has 1 aliphatic heterocycles. The van der Waals surface area contributed by atoms with Crippen molar-refractivity contribution in [2.75, 3.05) is 34.4 Å². The van der Waals surface area contributed by atoms with Gasteiger partial charge in [-0.3, -0.25) is 9.78 Å². The Morgan fingerprint density at radius 3 is 2.30 bits per heavy atom. The number of hydrogen-bond acceptors (Lipinski definition) is 7. The molecule has 7 nitrogen and oxygen atoms in total. The summed E-state index contributed by atoms with van der Waals surface area (Å²) < 4.78 is 21.7. The highest BCUT2D eigenvalue weighted by molar-refractivity contribution is 5.76. The maximum Gasteiger partial charge on any atom is 0.314 e. The molecule has 1 N–H and O–H groups in total. The monoisotopic (exact) mass is 372 g/mol. The Labute approximate surface area is 158 Å². The highest BCUT2D eigenvalue weighted by Crippen LogP contribution is 2.41. The molecule has 144 valence electrons. The molecule has 0 radical (unpaired) electrons. The number of carbonyl (C=O) groups is 1. The Hall–Kier alpha value is -2.80. The van der Waals surface area contributed by atoms with E-state index in [1.54, 1.807) is 39.7 Å². The summed E-state index contributed by atoms with van der Waals surface area (Å²) in [5.41, 5.74) is 1.41. The van der Waals surface area contributed by atoms with Crippen LogP contribution in [0.1, 0.15) is 12.8 Å². The molecule has 0 amide bonds. The summed E-state index contributed by atoms with van der Waals surface area (Å²) >= 11 is 0. The molecule has 0 atom stereocenters. The number of ether oxygens (including phenoxy) is 4. The summed E-state index contributed by atoms with van der Waals surface area (Å²) in [6.07, 6.45) is 3.21. The molecule has 1 aromatic carbocycles. The molecule has 0 aliphatic carbocycles. The highest BCUT2D eigenvalue weighted by Gasteiger charge is 2.23. The third-order valence-electron chi connectivity index (χ3n) is 4.58. The lowest BCUT2D eigenvalue weighted by atomic mass is 9.98. The van der Waals surface area contributed by atoms with Gasteiger partial charge in [-0.25, -0.2) is 0 Å². The van der Waals surface area contributed by atoms with Gasteiger partial charge >= 0.3 is 5.97 Å². The molecule has 1 aliphatic rings. The summed E-state index contributed by atoms with van der Waals surface area (Å²) in [6, 6.07) is 7.03. The van der Waals surface area contributed by atoms with E-state index in [9.17, 15) is 4.79 Å². The van der Waals surface area contributed by atoms with E-state index in [-0.39, 0.29) is 11.9 Å². The van der Waals surface area contributed by atoms with Crippen molar-refractivity contribution in [1.29, 1.82) is 0 Å². The van der Waals surface area contributed by atoms with Gasteiger partial charge in [0, 0.05) is 17.8 Å². The number of pyridine rings is 1. The molecular formula is C20H24N2O5. The van der Waals surface area contributed by atoms with Crippen LogP contribution in [-0.2, 0) is 4.79 Å². The van der Waals surface area contributed by atoms with Crippen molar-refractivity contribution in [2.45, 2.75) is 12.8 Å². The molecule has 0 bridgehead atoms. The minimum absolute atomic E-state index is 0.0657. The van der Waals surface area contributed by atoms with Crippen LogP contribution in [0.15, 0.2) is 30.5 Å². The Morgan fingerprint density at radius 2 is 1.70 bits per heavy atom. The second-order valence-electron chi connectivity index (χ2n) is 6.24. The summed E-state index contributed by atoms with van der Waals surface area (Å²) in [5, 5.41) is 3.24. The van der Waals surface area contributed by atoms with Crippen LogP contribution in [0.5, 0.6) is 23.0 Å². The van der Waals surface area contributed by atoms with Gasteiger partial charge < -0.3 is 24.3 Å². The Balaban J connectivity index is 1.85. The lowest BCUT2D eigenvalue weighted by Crippen LogP contribution is -2.33. The first-order valence-corrected chi connectivity index (χ1v) is 8.85. The molecular weight excluding hydrogens is 348 g/mol. The van der Waals surface area contributed by atoms with Crippen molar-refractivity contribution in [3.05, 3.63) is 30.5 Å². The van der Waals surface area contributed by atoms with Gasteiger partial charge in [-0.1, -0.05) is 0 Å². The number of rotatable bonds is 6. The van der Waals surface area contributed by atoms with Gasteiger partial charge in [0.25, 0.3) is 0 Å². The van der Waals surface area contributed by atoms with Gasteiger partial charge in [0.05, 0.1) is 32.9 Å². The molecule has 0 unspecified atom stereocenters. The molecule has 2 aromatic rings. The van der Waals surface area contributed by atoms with E-state index in [1.807, 2.05) is 12.1 Å². The predicted molar refractivity (Wildman–Crippen MR) is 101 cm³/mol. The van der Waals surface area contributed by atoms with Crippen molar-refractivity contribution in [3.8, 4) is 34.3 Å². The third-order valence-corrected chi connectivity index (χ3v) is 4.58. The number of nitrogens with one attached hydrogen (secondary N) is 1. The number of methoxy groups -OCH3 is 3. The number of hydrogen-bond donors (Lipinski definition) is 1. The zero-order valence-corrected chi connectivity index (χ0v) is 15.8. The fraction of sp³-hybridized carbons (Fsp3) is 0.400. The zero-order chi connectivity index (χ0) is 19.2. The van der Waals surface area contributed by atoms with Gasteiger partial charge in [-0.05, 0) is 44.1 Å². The van der Waals surface area contributed by atoms with E-state index in [0.29, 0.717) is 28.7 Å². The molecule has 1 fully saturated rings. The van der Waals surface area contributed by atoms with Gasteiger partial charge in [-0.2, -0.15) is 0 Å². The Morgan fingerprint density at radius 1 is 1.04 bits per heavy atom. The molecule has 2 heterocycles. The number of benzene rings is 1. The lowest BCUT2D eigenvalue weighted by molar-refractivity contribution is -0.139. The predicted octanol–water partition coefficient (Wildman–Crippen LogP) is 2.68. The fourth-order valence-corrected chi connectivity index (χ4v) is 3.12. The van der Waals surface area contributed by atoms with Gasteiger partial charge in [0.2, 0.25) is 5.75 Å². The molecule has 1 saturated heterocycles. The highest BCUT2D eigenvalue weighted by atomic mass is 16.5. The van der Waals surface area contributed by atoms with Crippen LogP contribution in [-0.4, -0.2) is 45.4 Å². The summed E-state index contributed by atoms with van der Waals surface area (Å²) in [6.45, 7) is 1.68. The van der Waals surface area contributed by atoms with Crippen molar-refractivity contribution in [3.63, 3.8) is 0 Å². The minimum atomic E-state index is -0.196. The lowest BCUT2D eigenvalue weighted by Gasteiger charge is -2.20. The maximum atomic E-state index is 12.4. The first-order chi connectivity index (χ1) is 13.2. The van der Waals surface area contributed by atoms with Crippen LogP contribution in [0, 0.1) is 5.92 Å². The van der Waals surface area contributed by atoms with Crippen LogP contribution in [0.3, 0.4) is 0 Å². The average molecular weight is 372 g/mol. The normalized spacial score (nSPS) is 14.5. The Kier molecular flexibility index (Phi) is 6.13. The van der Waals surface area contributed by atoms with Crippen LogP contribution >= 0.6 is 0 Å². The van der Waals surface area contributed by atoms with Crippen LogP contribution in [0.4, 0.5) is 0 Å². The van der Waals surface area contributed by atoms with E-state index in [0.717, 1.165) is 31.5 Å². The molecule has 3 rings (SSSR count). The fourth-order valence-electron chi connectivity index (χ4n) is 3.12. The van der Waals surface area contributed by atoms with Crippen LogP contribution < -0.4 is 24.3 Å². The third kappa shape index (κ3) is 4.31. The largest absolute Gasteiger partial charge is 0.493 e. The number of aromatic nitrogens is 1. The van der Waals surface area contributed by atoms with E-state index in [4.69, 9.17) is 18.9 Å². The second-order valence-corrected chi connectivity index (χ2v) is 6.24.